The van der Waals surface area contributed by atoms with Crippen molar-refractivity contribution in [2.24, 2.45) is 0 Å². The largest absolute Gasteiger partial charge is 0.361 e. The molecule has 2 aromatic heterocycles. The van der Waals surface area contributed by atoms with Gasteiger partial charge >= 0.3 is 0 Å². The second kappa shape index (κ2) is 6.96. The second-order valence-electron chi connectivity index (χ2n) is 7.02. The van der Waals surface area contributed by atoms with Gasteiger partial charge in [-0.25, -0.2) is 0 Å². The highest BCUT2D eigenvalue weighted by molar-refractivity contribution is 5.93. The van der Waals surface area contributed by atoms with Crippen molar-refractivity contribution in [3.05, 3.63) is 48.0 Å². The number of nitrogens with zero attached hydrogens (tertiary/aromatic N) is 3. The van der Waals surface area contributed by atoms with Gasteiger partial charge in [-0.15, -0.1) is 0 Å². The lowest BCUT2D eigenvalue weighted by Crippen LogP contribution is -2.41. The summed E-state index contributed by atoms with van der Waals surface area (Å²) in [7, 11) is 0. The Kier molecular flexibility index (Phi) is 4.53. The number of nitrogens with one attached hydrogen (secondary N) is 1. The van der Waals surface area contributed by atoms with E-state index in [0.717, 1.165) is 18.5 Å². The van der Waals surface area contributed by atoms with E-state index in [1.54, 1.807) is 12.4 Å². The molecule has 3 aromatic rings. The molecule has 4 nitrogen and oxygen atoms in total. The molecule has 0 fully saturated rings. The van der Waals surface area contributed by atoms with Gasteiger partial charge < -0.3 is 4.98 Å². The molecule has 1 atom stereocenters. The topological polar surface area (TPSA) is 44.8 Å². The fourth-order valence-corrected chi connectivity index (χ4v) is 4.29. The maximum Gasteiger partial charge on any atom is 0.0888 e. The van der Waals surface area contributed by atoms with Crippen LogP contribution in [0.25, 0.3) is 22.2 Å². The number of aromatic nitrogens is 3. The lowest BCUT2D eigenvalue weighted by atomic mass is 9.85. The summed E-state index contributed by atoms with van der Waals surface area (Å²) in [6.45, 7) is 6.90. The maximum absolute atomic E-state index is 4.56. The summed E-state index contributed by atoms with van der Waals surface area (Å²) >= 11 is 0. The van der Waals surface area contributed by atoms with Crippen molar-refractivity contribution < 1.29 is 0 Å². The Labute approximate surface area is 149 Å². The molecule has 0 spiro atoms. The second-order valence-corrected chi connectivity index (χ2v) is 7.02. The summed E-state index contributed by atoms with van der Waals surface area (Å²) in [4.78, 5) is 15.0. The molecule has 130 valence electrons. The highest BCUT2D eigenvalue weighted by Gasteiger charge is 2.28. The quantitative estimate of drug-likeness (QED) is 0.734. The van der Waals surface area contributed by atoms with E-state index < -0.39 is 0 Å². The Hall–Kier alpha value is -2.20. The first-order valence-corrected chi connectivity index (χ1v) is 9.44. The molecule has 0 radical (unpaired) electrons. The molecule has 0 saturated carbocycles. The number of benzene rings is 1. The third-order valence-corrected chi connectivity index (χ3v) is 5.31. The fourth-order valence-electron chi connectivity index (χ4n) is 4.29. The molecule has 1 N–H and O–H groups in total. The number of hydrogen-bond acceptors (Lipinski definition) is 3. The minimum absolute atomic E-state index is 0.573. The average Bonchev–Trinajstić information content (AvgIpc) is 3.07. The van der Waals surface area contributed by atoms with E-state index in [1.807, 2.05) is 6.20 Å². The number of rotatable bonds is 6. The molecule has 1 aliphatic carbocycles. The van der Waals surface area contributed by atoms with Crippen LogP contribution >= 0.6 is 0 Å². The van der Waals surface area contributed by atoms with E-state index in [2.05, 4.69) is 52.0 Å². The molecule has 25 heavy (non-hydrogen) atoms. The van der Waals surface area contributed by atoms with E-state index in [9.17, 15) is 0 Å². The van der Waals surface area contributed by atoms with Crippen molar-refractivity contribution in [1.29, 1.82) is 0 Å². The fraction of sp³-hybridized carbons (Fsp3) is 0.429. The Morgan fingerprint density at radius 1 is 1.12 bits per heavy atom. The summed E-state index contributed by atoms with van der Waals surface area (Å²) in [6, 6.07) is 4.96. The molecule has 1 aliphatic rings. The monoisotopic (exact) mass is 334 g/mol. The predicted molar refractivity (Wildman–Crippen MR) is 103 cm³/mol. The lowest BCUT2D eigenvalue weighted by Gasteiger charge is -2.34. The van der Waals surface area contributed by atoms with Gasteiger partial charge in [0.05, 0.1) is 11.9 Å². The minimum Gasteiger partial charge on any atom is -0.361 e. The first kappa shape index (κ1) is 16.3. The van der Waals surface area contributed by atoms with Crippen LogP contribution in [0.3, 0.4) is 0 Å². The molecular formula is C21H26N4. The molecule has 0 amide bonds. The van der Waals surface area contributed by atoms with Gasteiger partial charge in [-0.05, 0) is 56.0 Å². The van der Waals surface area contributed by atoms with E-state index in [-0.39, 0.29) is 0 Å². The van der Waals surface area contributed by atoms with Crippen LogP contribution < -0.4 is 0 Å². The van der Waals surface area contributed by atoms with Gasteiger partial charge in [0.2, 0.25) is 0 Å². The third-order valence-electron chi connectivity index (χ3n) is 5.31. The first-order chi connectivity index (χ1) is 12.3. The molecular weight excluding hydrogens is 308 g/mol. The normalized spacial score (nSPS) is 16.7. The Morgan fingerprint density at radius 3 is 2.68 bits per heavy atom. The zero-order chi connectivity index (χ0) is 17.2. The average molecular weight is 334 g/mol. The van der Waals surface area contributed by atoms with Crippen molar-refractivity contribution >= 4 is 10.9 Å². The summed E-state index contributed by atoms with van der Waals surface area (Å²) in [5.41, 5.74) is 6.34. The molecule has 0 aliphatic heterocycles. The molecule has 1 aromatic carbocycles. The van der Waals surface area contributed by atoms with Crippen LogP contribution in [-0.2, 0) is 12.8 Å². The van der Waals surface area contributed by atoms with Crippen molar-refractivity contribution in [1.82, 2.24) is 19.9 Å². The van der Waals surface area contributed by atoms with Gasteiger partial charge in [-0.3, -0.25) is 14.9 Å². The lowest BCUT2D eigenvalue weighted by molar-refractivity contribution is 0.192. The van der Waals surface area contributed by atoms with Crippen LogP contribution in [-0.4, -0.2) is 39.0 Å². The van der Waals surface area contributed by atoms with Crippen molar-refractivity contribution in [3.8, 4) is 11.3 Å². The number of hydrogen-bond donors (Lipinski definition) is 1. The highest BCUT2D eigenvalue weighted by atomic mass is 15.1. The van der Waals surface area contributed by atoms with E-state index in [1.165, 1.54) is 53.5 Å². The van der Waals surface area contributed by atoms with E-state index >= 15 is 0 Å². The van der Waals surface area contributed by atoms with E-state index in [4.69, 9.17) is 0 Å². The minimum atomic E-state index is 0.573. The zero-order valence-electron chi connectivity index (χ0n) is 15.1. The van der Waals surface area contributed by atoms with Crippen molar-refractivity contribution in [2.45, 2.75) is 45.6 Å². The molecule has 0 saturated heterocycles. The molecule has 0 unspecified atom stereocenters. The first-order valence-electron chi connectivity index (χ1n) is 9.44. The molecule has 4 heteroatoms. The van der Waals surface area contributed by atoms with Gasteiger partial charge in [-0.1, -0.05) is 19.9 Å². The summed E-state index contributed by atoms with van der Waals surface area (Å²) in [6.07, 6.45) is 12.2. The van der Waals surface area contributed by atoms with Crippen molar-refractivity contribution in [3.63, 3.8) is 0 Å². The smallest absolute Gasteiger partial charge is 0.0888 e. The van der Waals surface area contributed by atoms with Crippen LogP contribution in [0.2, 0.25) is 0 Å². The maximum atomic E-state index is 4.56. The van der Waals surface area contributed by atoms with Crippen molar-refractivity contribution in [2.75, 3.05) is 13.1 Å². The SMILES string of the molecule is CCCN(CCC)[C@H]1Cc2c[nH]c3ccc(-c4cnccn4)c(c23)C1. The Morgan fingerprint density at radius 2 is 1.96 bits per heavy atom. The molecule has 0 bridgehead atoms. The van der Waals surface area contributed by atoms with Crippen LogP contribution in [0.5, 0.6) is 0 Å². The Balaban J connectivity index is 1.79. The van der Waals surface area contributed by atoms with Gasteiger partial charge in [0, 0.05) is 41.1 Å². The summed E-state index contributed by atoms with van der Waals surface area (Å²) < 4.78 is 0. The van der Waals surface area contributed by atoms with Gasteiger partial charge in [0.15, 0.2) is 0 Å². The van der Waals surface area contributed by atoms with Gasteiger partial charge in [-0.2, -0.15) is 0 Å². The molecule has 4 rings (SSSR count). The Bertz CT molecular complexity index is 847. The van der Waals surface area contributed by atoms with Crippen LogP contribution in [0.15, 0.2) is 36.9 Å². The predicted octanol–water partition coefficient (Wildman–Crippen LogP) is 4.21. The highest BCUT2D eigenvalue weighted by Crippen LogP contribution is 2.37. The number of aromatic amines is 1. The zero-order valence-corrected chi connectivity index (χ0v) is 15.1. The third kappa shape index (κ3) is 2.95. The van der Waals surface area contributed by atoms with Crippen LogP contribution in [0, 0.1) is 0 Å². The number of H-pyrrole nitrogens is 1. The summed E-state index contributed by atoms with van der Waals surface area (Å²) in [5, 5.41) is 1.41. The molecule has 2 heterocycles. The van der Waals surface area contributed by atoms with Crippen LogP contribution in [0.4, 0.5) is 0 Å². The van der Waals surface area contributed by atoms with Gasteiger partial charge in [0.1, 0.15) is 0 Å². The summed E-state index contributed by atoms with van der Waals surface area (Å²) in [5.74, 6) is 0. The van der Waals surface area contributed by atoms with E-state index in [0.29, 0.717) is 6.04 Å². The van der Waals surface area contributed by atoms with Crippen LogP contribution in [0.1, 0.15) is 37.8 Å². The standard InChI is InChI=1S/C21H26N4/c1-3-9-25(10-4-2)16-11-15-13-24-19-6-5-17(18(12-16)21(15)19)20-14-22-7-8-23-20/h5-8,13-14,16,24H,3-4,9-12H2,1-2H3/t16-/m0/s1. The van der Waals surface area contributed by atoms with Gasteiger partial charge in [0.25, 0.3) is 0 Å².